The topological polar surface area (TPSA) is 68.0 Å². The summed E-state index contributed by atoms with van der Waals surface area (Å²) in [6, 6.07) is 2.89. The first-order valence-corrected chi connectivity index (χ1v) is 5.20. The van der Waals surface area contributed by atoms with Crippen LogP contribution in [-0.2, 0) is 4.79 Å². The largest absolute Gasteiger partial charge is 0.322 e. The minimum absolute atomic E-state index is 0.230. The molecule has 1 amide bonds. The molecule has 5 heteroatoms. The van der Waals surface area contributed by atoms with Gasteiger partial charge < -0.3 is 11.1 Å². The molecule has 0 aliphatic carbocycles. The lowest BCUT2D eigenvalue weighted by atomic mass is 10.1. The third-order valence-electron chi connectivity index (χ3n) is 1.95. The molecule has 82 valence electrons. The van der Waals surface area contributed by atoms with Crippen molar-refractivity contribution in [2.75, 3.05) is 5.32 Å². The molecule has 1 atom stereocenters. The third kappa shape index (κ3) is 3.49. The highest BCUT2D eigenvalue weighted by Crippen LogP contribution is 2.17. The van der Waals surface area contributed by atoms with Gasteiger partial charge in [-0.15, -0.1) is 0 Å². The van der Waals surface area contributed by atoms with E-state index in [1.54, 1.807) is 18.3 Å². The molecule has 0 aromatic carbocycles. The molecule has 0 unspecified atom stereocenters. The molecule has 0 aliphatic rings. The van der Waals surface area contributed by atoms with Gasteiger partial charge in [-0.05, 0) is 18.6 Å². The Morgan fingerprint density at radius 1 is 1.73 bits per heavy atom. The zero-order valence-corrected chi connectivity index (χ0v) is 9.29. The lowest BCUT2D eigenvalue weighted by molar-refractivity contribution is -0.117. The first-order valence-electron chi connectivity index (χ1n) is 4.82. The number of rotatable bonds is 4. The van der Waals surface area contributed by atoms with E-state index in [9.17, 15) is 4.79 Å². The van der Waals surface area contributed by atoms with E-state index in [2.05, 4.69) is 10.3 Å². The molecule has 0 saturated carbocycles. The molecule has 4 nitrogen and oxygen atoms in total. The van der Waals surface area contributed by atoms with Gasteiger partial charge in [0.05, 0.1) is 11.7 Å². The Bertz CT molecular complexity index is 343. The van der Waals surface area contributed by atoms with Gasteiger partial charge in [0.25, 0.3) is 0 Å². The number of aromatic nitrogens is 1. The molecule has 0 aliphatic heterocycles. The molecule has 0 fully saturated rings. The second-order valence-electron chi connectivity index (χ2n) is 3.23. The van der Waals surface area contributed by atoms with Gasteiger partial charge in [0.15, 0.2) is 5.15 Å². The molecule has 1 heterocycles. The van der Waals surface area contributed by atoms with Crippen molar-refractivity contribution < 1.29 is 4.79 Å². The molecule has 1 rings (SSSR count). The lowest BCUT2D eigenvalue weighted by Crippen LogP contribution is -2.35. The van der Waals surface area contributed by atoms with Crippen molar-refractivity contribution in [3.63, 3.8) is 0 Å². The van der Waals surface area contributed by atoms with Crippen LogP contribution in [0.15, 0.2) is 18.3 Å². The summed E-state index contributed by atoms with van der Waals surface area (Å²) in [6.45, 7) is 1.98. The summed E-state index contributed by atoms with van der Waals surface area (Å²) in [5, 5.41) is 2.91. The number of carbonyl (C=O) groups is 1. The molecule has 0 radical (unpaired) electrons. The van der Waals surface area contributed by atoms with Gasteiger partial charge in [-0.25, -0.2) is 4.98 Å². The predicted molar refractivity (Wildman–Crippen MR) is 60.8 cm³/mol. The number of carbonyl (C=O) groups excluding carboxylic acids is 1. The van der Waals surface area contributed by atoms with E-state index < -0.39 is 6.04 Å². The summed E-state index contributed by atoms with van der Waals surface area (Å²) in [5.74, 6) is -0.230. The summed E-state index contributed by atoms with van der Waals surface area (Å²) >= 11 is 5.78. The van der Waals surface area contributed by atoms with Gasteiger partial charge in [-0.1, -0.05) is 24.9 Å². The Balaban J connectivity index is 2.62. The van der Waals surface area contributed by atoms with Gasteiger partial charge in [-0.2, -0.15) is 0 Å². The Hall–Kier alpha value is -1.13. The van der Waals surface area contributed by atoms with Gasteiger partial charge >= 0.3 is 0 Å². The first-order chi connectivity index (χ1) is 7.15. The fourth-order valence-electron chi connectivity index (χ4n) is 1.15. The zero-order valence-electron chi connectivity index (χ0n) is 8.53. The Kier molecular flexibility index (Phi) is 4.52. The number of anilines is 1. The van der Waals surface area contributed by atoms with Crippen LogP contribution in [0.25, 0.3) is 0 Å². The maximum Gasteiger partial charge on any atom is 0.241 e. The Morgan fingerprint density at radius 2 is 2.47 bits per heavy atom. The van der Waals surface area contributed by atoms with Crippen molar-refractivity contribution in [1.82, 2.24) is 4.98 Å². The molecular weight excluding hydrogens is 214 g/mol. The van der Waals surface area contributed by atoms with E-state index in [1.165, 1.54) is 0 Å². The number of nitrogens with one attached hydrogen (secondary N) is 1. The normalized spacial score (nSPS) is 12.2. The van der Waals surface area contributed by atoms with Crippen molar-refractivity contribution in [3.05, 3.63) is 23.5 Å². The van der Waals surface area contributed by atoms with E-state index in [0.29, 0.717) is 12.1 Å². The number of amides is 1. The fraction of sp³-hybridized carbons (Fsp3) is 0.400. The second kappa shape index (κ2) is 5.68. The molecule has 0 spiro atoms. The Labute approximate surface area is 93.8 Å². The van der Waals surface area contributed by atoms with Crippen LogP contribution in [0.3, 0.4) is 0 Å². The van der Waals surface area contributed by atoms with Crippen LogP contribution in [0, 0.1) is 0 Å². The van der Waals surface area contributed by atoms with Crippen molar-refractivity contribution in [2.45, 2.75) is 25.8 Å². The van der Waals surface area contributed by atoms with Crippen LogP contribution in [0.1, 0.15) is 19.8 Å². The summed E-state index contributed by atoms with van der Waals surface area (Å²) in [5.41, 5.74) is 6.15. The van der Waals surface area contributed by atoms with E-state index in [0.717, 1.165) is 6.42 Å². The van der Waals surface area contributed by atoms with Gasteiger partial charge in [0, 0.05) is 6.20 Å². The van der Waals surface area contributed by atoms with Crippen LogP contribution in [0.5, 0.6) is 0 Å². The molecule has 1 aromatic rings. The quantitative estimate of drug-likeness (QED) is 0.771. The zero-order chi connectivity index (χ0) is 11.3. The monoisotopic (exact) mass is 227 g/mol. The minimum atomic E-state index is -0.494. The van der Waals surface area contributed by atoms with Gasteiger partial charge in [-0.3, -0.25) is 4.79 Å². The van der Waals surface area contributed by atoms with Crippen molar-refractivity contribution >= 4 is 23.2 Å². The highest BCUT2D eigenvalue weighted by atomic mass is 35.5. The number of pyridine rings is 1. The van der Waals surface area contributed by atoms with Crippen molar-refractivity contribution in [2.24, 2.45) is 5.73 Å². The summed E-state index contributed by atoms with van der Waals surface area (Å²) < 4.78 is 0. The smallest absolute Gasteiger partial charge is 0.241 e. The second-order valence-corrected chi connectivity index (χ2v) is 3.58. The van der Waals surface area contributed by atoms with Crippen molar-refractivity contribution in [1.29, 1.82) is 0 Å². The molecule has 15 heavy (non-hydrogen) atoms. The predicted octanol–water partition coefficient (Wildman–Crippen LogP) is 1.80. The maximum absolute atomic E-state index is 11.5. The first kappa shape index (κ1) is 11.9. The SMILES string of the molecule is CCC[C@H](N)C(=O)Nc1cccnc1Cl. The standard InChI is InChI=1S/C10H14ClN3O/c1-2-4-7(12)10(15)14-8-5-3-6-13-9(8)11/h3,5-7H,2,4,12H2,1H3,(H,14,15)/t7-/m0/s1. The minimum Gasteiger partial charge on any atom is -0.322 e. The average molecular weight is 228 g/mol. The fourth-order valence-corrected chi connectivity index (χ4v) is 1.31. The summed E-state index contributed by atoms with van der Waals surface area (Å²) in [4.78, 5) is 15.4. The third-order valence-corrected chi connectivity index (χ3v) is 2.25. The van der Waals surface area contributed by atoms with E-state index in [1.807, 2.05) is 6.92 Å². The van der Waals surface area contributed by atoms with Crippen LogP contribution < -0.4 is 11.1 Å². The maximum atomic E-state index is 11.5. The highest BCUT2D eigenvalue weighted by Gasteiger charge is 2.13. The highest BCUT2D eigenvalue weighted by molar-refractivity contribution is 6.32. The molecule has 0 bridgehead atoms. The van der Waals surface area contributed by atoms with Crippen molar-refractivity contribution in [3.8, 4) is 0 Å². The van der Waals surface area contributed by atoms with Crippen LogP contribution in [0.2, 0.25) is 5.15 Å². The van der Waals surface area contributed by atoms with Gasteiger partial charge in [0.2, 0.25) is 5.91 Å². The number of hydrogen-bond acceptors (Lipinski definition) is 3. The molecule has 0 saturated heterocycles. The number of halogens is 1. The van der Waals surface area contributed by atoms with Gasteiger partial charge in [0.1, 0.15) is 0 Å². The van der Waals surface area contributed by atoms with E-state index >= 15 is 0 Å². The van der Waals surface area contributed by atoms with Crippen LogP contribution in [-0.4, -0.2) is 16.9 Å². The number of nitrogens with two attached hydrogens (primary N) is 1. The molecular formula is C10H14ClN3O. The van der Waals surface area contributed by atoms with Crippen LogP contribution in [0.4, 0.5) is 5.69 Å². The summed E-state index contributed by atoms with van der Waals surface area (Å²) in [7, 11) is 0. The lowest BCUT2D eigenvalue weighted by Gasteiger charge is -2.11. The number of nitrogens with zero attached hydrogens (tertiary/aromatic N) is 1. The molecule has 3 N–H and O–H groups in total. The summed E-state index contributed by atoms with van der Waals surface area (Å²) in [6.07, 6.45) is 3.09. The number of hydrogen-bond donors (Lipinski definition) is 2. The van der Waals surface area contributed by atoms with E-state index in [-0.39, 0.29) is 11.1 Å². The van der Waals surface area contributed by atoms with E-state index in [4.69, 9.17) is 17.3 Å². The molecule has 1 aromatic heterocycles. The van der Waals surface area contributed by atoms with Crippen LogP contribution >= 0.6 is 11.6 Å². The Morgan fingerprint density at radius 3 is 3.07 bits per heavy atom. The average Bonchev–Trinajstić information content (AvgIpc) is 2.21.